The maximum atomic E-state index is 11.1. The minimum Gasteiger partial charge on any atom is -0.244 e. The van der Waals surface area contributed by atoms with Gasteiger partial charge in [0, 0.05) is 6.42 Å². The molecule has 0 atom stereocenters. The molecule has 2 rings (SSSR count). The standard InChI is InChI=1S/C11H10N4O/c1-2-10-13-11(16)14-15(10)9-5-3-4-8(6-9)7-12/h3-6H,2H2,1H3,(H,14,16). The summed E-state index contributed by atoms with van der Waals surface area (Å²) >= 11 is 0. The van der Waals surface area contributed by atoms with E-state index in [2.05, 4.69) is 16.2 Å². The van der Waals surface area contributed by atoms with Gasteiger partial charge < -0.3 is 0 Å². The van der Waals surface area contributed by atoms with Crippen LogP contribution in [0.3, 0.4) is 0 Å². The Labute approximate surface area is 92.0 Å². The van der Waals surface area contributed by atoms with Crippen molar-refractivity contribution in [2.24, 2.45) is 0 Å². The smallest absolute Gasteiger partial charge is 0.244 e. The number of benzene rings is 1. The van der Waals surface area contributed by atoms with Gasteiger partial charge in [0.15, 0.2) is 0 Å². The molecule has 0 bridgehead atoms. The average Bonchev–Trinajstić information content (AvgIpc) is 2.70. The quantitative estimate of drug-likeness (QED) is 0.810. The van der Waals surface area contributed by atoms with Gasteiger partial charge in [0.05, 0.1) is 17.3 Å². The number of H-pyrrole nitrogens is 1. The molecule has 5 nitrogen and oxygen atoms in total. The molecule has 0 aliphatic carbocycles. The summed E-state index contributed by atoms with van der Waals surface area (Å²) in [7, 11) is 0. The second-order valence-corrected chi connectivity index (χ2v) is 3.30. The van der Waals surface area contributed by atoms with E-state index in [9.17, 15) is 4.79 Å². The number of aromatic nitrogens is 3. The number of nitriles is 1. The topological polar surface area (TPSA) is 74.5 Å². The molecule has 80 valence electrons. The Morgan fingerprint density at radius 3 is 3.06 bits per heavy atom. The molecule has 0 radical (unpaired) electrons. The van der Waals surface area contributed by atoms with Gasteiger partial charge in [0.25, 0.3) is 0 Å². The molecule has 1 aromatic carbocycles. The van der Waals surface area contributed by atoms with Crippen molar-refractivity contribution in [3.05, 3.63) is 46.1 Å². The molecule has 16 heavy (non-hydrogen) atoms. The van der Waals surface area contributed by atoms with E-state index in [1.54, 1.807) is 22.9 Å². The zero-order valence-electron chi connectivity index (χ0n) is 8.77. The SMILES string of the molecule is CCc1nc(=O)[nH]n1-c1cccc(C#N)c1. The summed E-state index contributed by atoms with van der Waals surface area (Å²) in [6.07, 6.45) is 0.648. The van der Waals surface area contributed by atoms with Crippen LogP contribution in [0.5, 0.6) is 0 Å². The maximum Gasteiger partial charge on any atom is 0.361 e. The molecule has 1 heterocycles. The van der Waals surface area contributed by atoms with Crippen LogP contribution >= 0.6 is 0 Å². The summed E-state index contributed by atoms with van der Waals surface area (Å²) in [6, 6.07) is 9.06. The van der Waals surface area contributed by atoms with Crippen molar-refractivity contribution in [3.8, 4) is 11.8 Å². The average molecular weight is 214 g/mol. The lowest BCUT2D eigenvalue weighted by Crippen LogP contribution is -2.05. The highest BCUT2D eigenvalue weighted by molar-refractivity contribution is 5.41. The lowest BCUT2D eigenvalue weighted by atomic mass is 10.2. The zero-order valence-corrected chi connectivity index (χ0v) is 8.77. The van der Waals surface area contributed by atoms with E-state index in [0.717, 1.165) is 5.69 Å². The number of hydrogen-bond acceptors (Lipinski definition) is 3. The van der Waals surface area contributed by atoms with Crippen LogP contribution in [0.15, 0.2) is 29.1 Å². The first-order valence-electron chi connectivity index (χ1n) is 4.93. The van der Waals surface area contributed by atoms with Crippen LogP contribution in [0.2, 0.25) is 0 Å². The van der Waals surface area contributed by atoms with E-state index >= 15 is 0 Å². The van der Waals surface area contributed by atoms with Crippen molar-refractivity contribution >= 4 is 0 Å². The van der Waals surface area contributed by atoms with Crippen molar-refractivity contribution in [2.75, 3.05) is 0 Å². The Morgan fingerprint density at radius 1 is 1.56 bits per heavy atom. The molecule has 0 fully saturated rings. The van der Waals surface area contributed by atoms with Gasteiger partial charge >= 0.3 is 5.69 Å². The van der Waals surface area contributed by atoms with E-state index < -0.39 is 0 Å². The van der Waals surface area contributed by atoms with Gasteiger partial charge in [-0.15, -0.1) is 0 Å². The van der Waals surface area contributed by atoms with Gasteiger partial charge in [-0.05, 0) is 18.2 Å². The molecule has 0 spiro atoms. The van der Waals surface area contributed by atoms with E-state index in [1.165, 1.54) is 0 Å². The van der Waals surface area contributed by atoms with Gasteiger partial charge in [-0.25, -0.2) is 14.6 Å². The van der Waals surface area contributed by atoms with Gasteiger partial charge in [0.1, 0.15) is 5.82 Å². The molecule has 0 aliphatic heterocycles. The van der Waals surface area contributed by atoms with E-state index in [0.29, 0.717) is 17.8 Å². The third kappa shape index (κ3) is 1.73. The van der Waals surface area contributed by atoms with E-state index in [4.69, 9.17) is 5.26 Å². The minimum atomic E-state index is -0.376. The first-order valence-corrected chi connectivity index (χ1v) is 4.93. The molecule has 5 heteroatoms. The number of nitrogens with one attached hydrogen (secondary N) is 1. The molecule has 2 aromatic rings. The second kappa shape index (κ2) is 4.03. The fraction of sp³-hybridized carbons (Fsp3) is 0.182. The van der Waals surface area contributed by atoms with Crippen molar-refractivity contribution in [3.63, 3.8) is 0 Å². The number of nitrogens with zero attached hydrogens (tertiary/aromatic N) is 3. The zero-order chi connectivity index (χ0) is 11.5. The van der Waals surface area contributed by atoms with Gasteiger partial charge in [-0.2, -0.15) is 10.2 Å². The first-order chi connectivity index (χ1) is 7.74. The Balaban J connectivity index is 2.58. The van der Waals surface area contributed by atoms with Crippen molar-refractivity contribution in [1.82, 2.24) is 14.8 Å². The summed E-state index contributed by atoms with van der Waals surface area (Å²) < 4.78 is 1.60. The third-order valence-corrected chi connectivity index (χ3v) is 2.25. The molecule has 0 amide bonds. The highest BCUT2D eigenvalue weighted by atomic mass is 16.1. The van der Waals surface area contributed by atoms with Crippen LogP contribution in [-0.2, 0) is 6.42 Å². The molecule has 0 unspecified atom stereocenters. The summed E-state index contributed by atoms with van der Waals surface area (Å²) in [4.78, 5) is 15.0. The molecule has 0 aliphatic rings. The van der Waals surface area contributed by atoms with E-state index in [1.807, 2.05) is 13.0 Å². The summed E-state index contributed by atoms with van der Waals surface area (Å²) in [5.74, 6) is 0.653. The number of hydrogen-bond donors (Lipinski definition) is 1. The molecular formula is C11H10N4O. The lowest BCUT2D eigenvalue weighted by molar-refractivity contribution is 0.797. The summed E-state index contributed by atoms with van der Waals surface area (Å²) in [6.45, 7) is 1.92. The van der Waals surface area contributed by atoms with Gasteiger partial charge in [0.2, 0.25) is 0 Å². The van der Waals surface area contributed by atoms with Crippen molar-refractivity contribution in [2.45, 2.75) is 13.3 Å². The predicted octanol–water partition coefficient (Wildman–Crippen LogP) is 0.995. The molecule has 1 N–H and O–H groups in total. The highest BCUT2D eigenvalue weighted by Gasteiger charge is 2.06. The molecular weight excluding hydrogens is 204 g/mol. The Morgan fingerprint density at radius 2 is 2.38 bits per heavy atom. The Hall–Kier alpha value is -2.35. The van der Waals surface area contributed by atoms with Crippen LogP contribution in [0.1, 0.15) is 18.3 Å². The van der Waals surface area contributed by atoms with Crippen LogP contribution < -0.4 is 5.69 Å². The third-order valence-electron chi connectivity index (χ3n) is 2.25. The van der Waals surface area contributed by atoms with Crippen LogP contribution in [0.4, 0.5) is 0 Å². The number of aryl methyl sites for hydroxylation is 1. The van der Waals surface area contributed by atoms with Crippen LogP contribution in [0.25, 0.3) is 5.69 Å². The molecule has 1 aromatic heterocycles. The predicted molar refractivity (Wildman–Crippen MR) is 58.3 cm³/mol. The van der Waals surface area contributed by atoms with Crippen LogP contribution in [-0.4, -0.2) is 14.8 Å². The number of aromatic amines is 1. The monoisotopic (exact) mass is 214 g/mol. The summed E-state index contributed by atoms with van der Waals surface area (Å²) in [5.41, 5.74) is 0.916. The second-order valence-electron chi connectivity index (χ2n) is 3.30. The molecule has 0 saturated carbocycles. The summed E-state index contributed by atoms with van der Waals surface area (Å²) in [5, 5.41) is 11.4. The normalized spacial score (nSPS) is 10.0. The fourth-order valence-electron chi connectivity index (χ4n) is 1.52. The highest BCUT2D eigenvalue weighted by Crippen LogP contribution is 2.10. The van der Waals surface area contributed by atoms with Gasteiger partial charge in [-0.3, -0.25) is 0 Å². The van der Waals surface area contributed by atoms with Crippen molar-refractivity contribution in [1.29, 1.82) is 5.26 Å². The van der Waals surface area contributed by atoms with Crippen molar-refractivity contribution < 1.29 is 0 Å². The van der Waals surface area contributed by atoms with Gasteiger partial charge in [-0.1, -0.05) is 13.0 Å². The number of rotatable bonds is 2. The minimum absolute atomic E-state index is 0.376. The maximum absolute atomic E-state index is 11.1. The Bertz CT molecular complexity index is 603. The fourth-order valence-corrected chi connectivity index (χ4v) is 1.52. The van der Waals surface area contributed by atoms with Crippen LogP contribution in [0, 0.1) is 11.3 Å². The lowest BCUT2D eigenvalue weighted by Gasteiger charge is -2.04. The largest absolute Gasteiger partial charge is 0.361 e. The molecule has 0 saturated heterocycles. The first kappa shape index (κ1) is 10.2. The Kier molecular flexibility index (Phi) is 2.56. The van der Waals surface area contributed by atoms with E-state index in [-0.39, 0.29) is 5.69 Å².